The van der Waals surface area contributed by atoms with Crippen molar-refractivity contribution < 1.29 is 19.4 Å². The number of fused-ring (bicyclic) bond motifs is 3. The Kier molecular flexibility index (Phi) is 5.62. The summed E-state index contributed by atoms with van der Waals surface area (Å²) in [4.78, 5) is 25.1. The lowest BCUT2D eigenvalue weighted by Crippen LogP contribution is -2.18. The molecule has 4 aromatic rings. The summed E-state index contributed by atoms with van der Waals surface area (Å²) in [5, 5.41) is 12.7. The molecule has 0 saturated carbocycles. The fraction of sp³-hybridized carbons (Fsp3) is 0.0769. The molecular formula is C26H18ClNO4S. The minimum Gasteiger partial charge on any atom is -0.477 e. The number of hydrogen-bond donors (Lipinski definition) is 2. The number of benzene rings is 3. The molecule has 0 unspecified atom stereocenters. The van der Waals surface area contributed by atoms with Crippen molar-refractivity contribution in [2.24, 2.45) is 0 Å². The third kappa shape index (κ3) is 3.99. The highest BCUT2D eigenvalue weighted by atomic mass is 35.5. The number of aromatic carboxylic acids is 1. The fourth-order valence-corrected chi connectivity index (χ4v) is 5.47. The van der Waals surface area contributed by atoms with Crippen molar-refractivity contribution in [3.8, 4) is 21.6 Å². The molecule has 1 aliphatic rings. The molecule has 1 aromatic heterocycles. The zero-order valence-corrected chi connectivity index (χ0v) is 18.8. The number of nitrogens with one attached hydrogen (secondary N) is 1. The van der Waals surface area contributed by atoms with Crippen LogP contribution in [-0.4, -0.2) is 23.8 Å². The van der Waals surface area contributed by atoms with Crippen molar-refractivity contribution in [1.29, 1.82) is 0 Å². The Labute approximate surface area is 199 Å². The van der Waals surface area contributed by atoms with Gasteiger partial charge in [0.25, 0.3) is 0 Å². The predicted octanol–water partition coefficient (Wildman–Crippen LogP) is 7.13. The lowest BCUT2D eigenvalue weighted by molar-refractivity contribution is 0.0703. The van der Waals surface area contributed by atoms with Crippen molar-refractivity contribution in [3.05, 3.63) is 99.9 Å². The minimum absolute atomic E-state index is 0.0124. The van der Waals surface area contributed by atoms with Gasteiger partial charge in [0.15, 0.2) is 0 Å². The van der Waals surface area contributed by atoms with Crippen LogP contribution in [0.1, 0.15) is 26.7 Å². The molecule has 5 rings (SSSR count). The molecule has 0 aliphatic heterocycles. The highest BCUT2D eigenvalue weighted by Crippen LogP contribution is 2.44. The number of carboxylic acids is 1. The van der Waals surface area contributed by atoms with Crippen molar-refractivity contribution in [3.63, 3.8) is 0 Å². The van der Waals surface area contributed by atoms with Crippen LogP contribution in [0.5, 0.6) is 0 Å². The van der Waals surface area contributed by atoms with E-state index in [2.05, 4.69) is 17.4 Å². The van der Waals surface area contributed by atoms with Gasteiger partial charge in [0.2, 0.25) is 0 Å². The number of carbonyl (C=O) groups is 2. The fourth-order valence-electron chi connectivity index (χ4n) is 4.18. The van der Waals surface area contributed by atoms with Gasteiger partial charge in [0, 0.05) is 21.4 Å². The third-order valence-electron chi connectivity index (χ3n) is 5.65. The molecule has 1 aliphatic carbocycles. The average molecular weight is 476 g/mol. The van der Waals surface area contributed by atoms with Gasteiger partial charge >= 0.3 is 12.1 Å². The number of rotatable bonds is 5. The van der Waals surface area contributed by atoms with Crippen molar-refractivity contribution >= 4 is 40.7 Å². The number of ether oxygens (including phenoxy) is 1. The van der Waals surface area contributed by atoms with Gasteiger partial charge in [0.1, 0.15) is 11.5 Å². The first-order chi connectivity index (χ1) is 16.0. The Bertz CT molecular complexity index is 1330. The summed E-state index contributed by atoms with van der Waals surface area (Å²) in [6.07, 6.45) is -0.706. The summed E-state index contributed by atoms with van der Waals surface area (Å²) in [7, 11) is 0. The first kappa shape index (κ1) is 21.2. The molecular weight excluding hydrogens is 458 g/mol. The van der Waals surface area contributed by atoms with Crippen LogP contribution in [0.25, 0.3) is 21.6 Å². The van der Waals surface area contributed by atoms with Crippen LogP contribution in [0.3, 0.4) is 0 Å². The van der Waals surface area contributed by atoms with Gasteiger partial charge < -0.3 is 9.84 Å². The van der Waals surface area contributed by atoms with Crippen LogP contribution >= 0.6 is 22.9 Å². The summed E-state index contributed by atoms with van der Waals surface area (Å²) in [6, 6.07) is 24.9. The maximum atomic E-state index is 12.6. The normalized spacial score (nSPS) is 12.2. The maximum absolute atomic E-state index is 12.6. The molecule has 33 heavy (non-hydrogen) atoms. The lowest BCUT2D eigenvalue weighted by Gasteiger charge is -2.14. The zero-order valence-electron chi connectivity index (χ0n) is 17.2. The molecule has 5 nitrogen and oxygen atoms in total. The second-order valence-electron chi connectivity index (χ2n) is 7.59. The quantitative estimate of drug-likeness (QED) is 0.322. The van der Waals surface area contributed by atoms with E-state index < -0.39 is 12.1 Å². The summed E-state index contributed by atoms with van der Waals surface area (Å²) >= 11 is 7.31. The van der Waals surface area contributed by atoms with E-state index >= 15 is 0 Å². The highest BCUT2D eigenvalue weighted by Gasteiger charge is 2.29. The second kappa shape index (κ2) is 8.73. The topological polar surface area (TPSA) is 75.6 Å². The Morgan fingerprint density at radius 3 is 2.09 bits per heavy atom. The summed E-state index contributed by atoms with van der Waals surface area (Å²) in [6.45, 7) is 0.143. The maximum Gasteiger partial charge on any atom is 0.411 e. The van der Waals surface area contributed by atoms with Crippen LogP contribution in [0.15, 0.2) is 78.9 Å². The Morgan fingerprint density at radius 1 is 0.909 bits per heavy atom. The van der Waals surface area contributed by atoms with Gasteiger partial charge in [0.05, 0.1) is 5.69 Å². The standard InChI is InChI=1S/C26H18ClNO4S/c27-21-12-6-5-11-19(21)23-13-22(24(33-23)25(29)30)28-26(31)32-14-20-17-9-3-1-7-15(17)16-8-2-4-10-18(16)20/h1-13,20H,14H2,(H,28,31)(H,29,30). The van der Waals surface area contributed by atoms with E-state index in [0.717, 1.165) is 33.6 Å². The SMILES string of the molecule is O=C(Nc1cc(-c2ccccc2Cl)sc1C(=O)O)OCC1c2ccccc2-c2ccccc21. The molecule has 0 saturated heterocycles. The summed E-state index contributed by atoms with van der Waals surface area (Å²) < 4.78 is 5.55. The minimum atomic E-state index is -1.13. The monoisotopic (exact) mass is 475 g/mol. The molecule has 1 amide bonds. The molecule has 0 bridgehead atoms. The molecule has 7 heteroatoms. The van der Waals surface area contributed by atoms with Crippen LogP contribution in [0.2, 0.25) is 5.02 Å². The smallest absolute Gasteiger partial charge is 0.411 e. The van der Waals surface area contributed by atoms with Gasteiger partial charge in [-0.15, -0.1) is 11.3 Å². The van der Waals surface area contributed by atoms with Gasteiger partial charge in [-0.3, -0.25) is 5.32 Å². The van der Waals surface area contributed by atoms with E-state index in [1.54, 1.807) is 24.3 Å². The van der Waals surface area contributed by atoms with E-state index in [4.69, 9.17) is 16.3 Å². The first-order valence-electron chi connectivity index (χ1n) is 10.3. The van der Waals surface area contributed by atoms with Gasteiger partial charge in [-0.25, -0.2) is 9.59 Å². The molecule has 164 valence electrons. The molecule has 0 fully saturated rings. The van der Waals surface area contributed by atoms with Crippen molar-refractivity contribution in [2.75, 3.05) is 11.9 Å². The Hall–Kier alpha value is -3.61. The zero-order chi connectivity index (χ0) is 22.9. The number of amides is 1. The van der Waals surface area contributed by atoms with E-state index in [-0.39, 0.29) is 23.1 Å². The highest BCUT2D eigenvalue weighted by molar-refractivity contribution is 7.18. The predicted molar refractivity (Wildman–Crippen MR) is 130 cm³/mol. The summed E-state index contributed by atoms with van der Waals surface area (Å²) in [5.74, 6) is -1.21. The number of halogens is 1. The third-order valence-corrected chi connectivity index (χ3v) is 7.13. The molecule has 1 heterocycles. The lowest BCUT2D eigenvalue weighted by atomic mass is 9.98. The van der Waals surface area contributed by atoms with E-state index in [0.29, 0.717) is 15.5 Å². The first-order valence-corrected chi connectivity index (χ1v) is 11.5. The molecule has 0 atom stereocenters. The molecule has 3 aromatic carbocycles. The summed E-state index contributed by atoms with van der Waals surface area (Å²) in [5.41, 5.74) is 5.37. The van der Waals surface area contributed by atoms with Gasteiger partial charge in [-0.2, -0.15) is 0 Å². The molecule has 2 N–H and O–H groups in total. The van der Waals surface area contributed by atoms with Crippen molar-refractivity contribution in [2.45, 2.75) is 5.92 Å². The average Bonchev–Trinajstić information content (AvgIpc) is 3.37. The van der Waals surface area contributed by atoms with Crippen LogP contribution < -0.4 is 5.32 Å². The van der Waals surface area contributed by atoms with Crippen molar-refractivity contribution in [1.82, 2.24) is 0 Å². The Balaban J connectivity index is 1.35. The second-order valence-corrected chi connectivity index (χ2v) is 9.05. The Morgan fingerprint density at radius 2 is 1.48 bits per heavy atom. The van der Waals surface area contributed by atoms with Crippen LogP contribution in [-0.2, 0) is 4.74 Å². The number of anilines is 1. The van der Waals surface area contributed by atoms with E-state index in [9.17, 15) is 14.7 Å². The van der Waals surface area contributed by atoms with Crippen LogP contribution in [0.4, 0.5) is 10.5 Å². The number of thiophene rings is 1. The van der Waals surface area contributed by atoms with Gasteiger partial charge in [-0.1, -0.05) is 78.3 Å². The number of carboxylic acid groups (broad SMARTS) is 1. The largest absolute Gasteiger partial charge is 0.477 e. The van der Waals surface area contributed by atoms with E-state index in [1.807, 2.05) is 42.5 Å². The van der Waals surface area contributed by atoms with E-state index in [1.165, 1.54) is 0 Å². The number of carbonyl (C=O) groups excluding carboxylic acids is 1. The molecule has 0 radical (unpaired) electrons. The number of hydrogen-bond acceptors (Lipinski definition) is 4. The van der Waals surface area contributed by atoms with Crippen LogP contribution in [0, 0.1) is 0 Å². The molecule has 0 spiro atoms. The van der Waals surface area contributed by atoms with Gasteiger partial charge in [-0.05, 0) is 34.4 Å².